The molecular formula is C22H21ClN4O4S. The Morgan fingerprint density at radius 2 is 1.88 bits per heavy atom. The van der Waals surface area contributed by atoms with Crippen LogP contribution in [0.25, 0.3) is 0 Å². The highest BCUT2D eigenvalue weighted by Gasteiger charge is 2.17. The van der Waals surface area contributed by atoms with Gasteiger partial charge in [-0.3, -0.25) is 9.59 Å². The van der Waals surface area contributed by atoms with Crippen molar-refractivity contribution in [3.8, 4) is 5.75 Å². The highest BCUT2D eigenvalue weighted by Crippen LogP contribution is 2.19. The first kappa shape index (κ1) is 22.2. The molecule has 1 saturated heterocycles. The quantitative estimate of drug-likeness (QED) is 0.515. The van der Waals surface area contributed by atoms with Crippen molar-refractivity contribution in [3.05, 3.63) is 69.1 Å². The summed E-state index contributed by atoms with van der Waals surface area (Å²) in [4.78, 5) is 24.7. The summed E-state index contributed by atoms with van der Waals surface area (Å²) in [6.07, 6.45) is 2.08. The molecule has 1 atom stereocenters. The molecule has 1 aliphatic heterocycles. The van der Waals surface area contributed by atoms with E-state index >= 15 is 0 Å². The fourth-order valence-electron chi connectivity index (χ4n) is 3.08. The molecule has 2 aromatic carbocycles. The predicted octanol–water partition coefficient (Wildman–Crippen LogP) is 3.93. The molecule has 0 bridgehead atoms. The molecule has 2 heterocycles. The molecular weight excluding hydrogens is 452 g/mol. The van der Waals surface area contributed by atoms with Crippen LogP contribution in [0.3, 0.4) is 0 Å². The van der Waals surface area contributed by atoms with Crippen molar-refractivity contribution in [1.82, 2.24) is 15.5 Å². The lowest BCUT2D eigenvalue weighted by atomic mass is 10.2. The zero-order chi connectivity index (χ0) is 22.3. The Hall–Kier alpha value is -3.01. The van der Waals surface area contributed by atoms with E-state index in [1.54, 1.807) is 48.5 Å². The molecule has 4 rings (SSSR count). The van der Waals surface area contributed by atoms with Crippen molar-refractivity contribution in [2.75, 3.05) is 18.5 Å². The second-order valence-corrected chi connectivity index (χ2v) is 8.62. The van der Waals surface area contributed by atoms with Crippen LogP contribution in [-0.4, -0.2) is 41.3 Å². The summed E-state index contributed by atoms with van der Waals surface area (Å²) in [6.45, 7) is 1.45. The van der Waals surface area contributed by atoms with Crippen LogP contribution < -0.4 is 15.4 Å². The van der Waals surface area contributed by atoms with Gasteiger partial charge in [-0.2, -0.15) is 0 Å². The van der Waals surface area contributed by atoms with Gasteiger partial charge in [-0.1, -0.05) is 22.9 Å². The van der Waals surface area contributed by atoms with Crippen LogP contribution in [0.5, 0.6) is 5.75 Å². The van der Waals surface area contributed by atoms with Crippen molar-refractivity contribution < 1.29 is 19.1 Å². The van der Waals surface area contributed by atoms with E-state index in [2.05, 4.69) is 20.8 Å². The van der Waals surface area contributed by atoms with Crippen LogP contribution in [0.4, 0.5) is 5.69 Å². The Labute approximate surface area is 193 Å². The molecule has 1 aliphatic rings. The molecule has 1 unspecified atom stereocenters. The summed E-state index contributed by atoms with van der Waals surface area (Å²) in [7, 11) is 0. The number of benzene rings is 2. The molecule has 3 aromatic rings. The van der Waals surface area contributed by atoms with Crippen molar-refractivity contribution in [2.45, 2.75) is 25.6 Å². The number of amides is 2. The normalized spacial score (nSPS) is 15.3. The number of nitrogens with zero attached hydrogens (tertiary/aromatic N) is 2. The maximum Gasteiger partial charge on any atom is 0.286 e. The molecule has 32 heavy (non-hydrogen) atoms. The van der Waals surface area contributed by atoms with Gasteiger partial charge in [0, 0.05) is 29.4 Å². The average molecular weight is 473 g/mol. The fraction of sp³-hybridized carbons (Fsp3) is 0.273. The van der Waals surface area contributed by atoms with Gasteiger partial charge in [0.2, 0.25) is 5.01 Å². The minimum absolute atomic E-state index is 0.0888. The summed E-state index contributed by atoms with van der Waals surface area (Å²) in [5.41, 5.74) is 1.07. The first-order valence-electron chi connectivity index (χ1n) is 10.1. The fourth-order valence-corrected chi connectivity index (χ4v) is 3.86. The van der Waals surface area contributed by atoms with Gasteiger partial charge in [-0.25, -0.2) is 0 Å². The Morgan fingerprint density at radius 1 is 1.09 bits per heavy atom. The Kier molecular flexibility index (Phi) is 7.31. The molecule has 8 nitrogen and oxygen atoms in total. The standard InChI is InChI=1S/C22H21ClN4O4S/c23-15-5-9-17(10-6-15)31-13-19-26-27-22(32-19)21(29)25-16-7-3-14(4-8-16)20(28)24-12-18-2-1-11-30-18/h3-10,18H,1-2,11-13H2,(H,24,28)(H,25,29). The van der Waals surface area contributed by atoms with Gasteiger partial charge in [0.05, 0.1) is 6.10 Å². The van der Waals surface area contributed by atoms with Crippen LogP contribution in [0.15, 0.2) is 48.5 Å². The van der Waals surface area contributed by atoms with Crippen molar-refractivity contribution in [3.63, 3.8) is 0 Å². The molecule has 0 spiro atoms. The Balaban J connectivity index is 1.27. The van der Waals surface area contributed by atoms with E-state index in [0.717, 1.165) is 30.8 Å². The van der Waals surface area contributed by atoms with Crippen LogP contribution >= 0.6 is 22.9 Å². The van der Waals surface area contributed by atoms with E-state index in [1.807, 2.05) is 0 Å². The molecule has 0 radical (unpaired) electrons. The number of anilines is 1. The average Bonchev–Trinajstić information content (AvgIpc) is 3.50. The molecule has 1 aromatic heterocycles. The second-order valence-electron chi connectivity index (χ2n) is 7.12. The molecule has 166 valence electrons. The van der Waals surface area contributed by atoms with E-state index in [9.17, 15) is 9.59 Å². The largest absolute Gasteiger partial charge is 0.486 e. The van der Waals surface area contributed by atoms with Crippen molar-refractivity contribution in [1.29, 1.82) is 0 Å². The number of halogens is 1. The van der Waals surface area contributed by atoms with Crippen molar-refractivity contribution in [2.24, 2.45) is 0 Å². The van der Waals surface area contributed by atoms with E-state index < -0.39 is 0 Å². The molecule has 0 saturated carbocycles. The number of carbonyl (C=O) groups is 2. The van der Waals surface area contributed by atoms with Gasteiger partial charge in [0.15, 0.2) is 5.01 Å². The van der Waals surface area contributed by atoms with Gasteiger partial charge in [0.25, 0.3) is 11.8 Å². The predicted molar refractivity (Wildman–Crippen MR) is 121 cm³/mol. The molecule has 10 heteroatoms. The Bertz CT molecular complexity index is 1070. The highest BCUT2D eigenvalue weighted by atomic mass is 35.5. The number of aromatic nitrogens is 2. The highest BCUT2D eigenvalue weighted by molar-refractivity contribution is 7.13. The number of hydrogen-bond acceptors (Lipinski definition) is 7. The number of rotatable bonds is 8. The van der Waals surface area contributed by atoms with E-state index in [1.165, 1.54) is 0 Å². The van der Waals surface area contributed by atoms with Crippen LogP contribution in [-0.2, 0) is 11.3 Å². The molecule has 1 fully saturated rings. The summed E-state index contributed by atoms with van der Waals surface area (Å²) >= 11 is 7.00. The maximum atomic E-state index is 12.5. The summed E-state index contributed by atoms with van der Waals surface area (Å²) in [6, 6.07) is 13.6. The summed E-state index contributed by atoms with van der Waals surface area (Å²) in [5, 5.41) is 15.0. The van der Waals surface area contributed by atoms with Gasteiger partial charge in [-0.15, -0.1) is 10.2 Å². The maximum absolute atomic E-state index is 12.5. The van der Waals surface area contributed by atoms with E-state index in [4.69, 9.17) is 21.1 Å². The van der Waals surface area contributed by atoms with Crippen LogP contribution in [0.1, 0.15) is 38.0 Å². The number of ether oxygens (including phenoxy) is 2. The minimum atomic E-state index is -0.379. The third-order valence-electron chi connectivity index (χ3n) is 4.76. The van der Waals surface area contributed by atoms with Gasteiger partial charge < -0.3 is 20.1 Å². The monoisotopic (exact) mass is 472 g/mol. The van der Waals surface area contributed by atoms with Crippen LogP contribution in [0.2, 0.25) is 5.02 Å². The Morgan fingerprint density at radius 3 is 2.59 bits per heavy atom. The number of carbonyl (C=O) groups excluding carboxylic acids is 2. The number of nitrogens with one attached hydrogen (secondary N) is 2. The molecule has 0 aliphatic carbocycles. The zero-order valence-electron chi connectivity index (χ0n) is 17.0. The molecule has 2 amide bonds. The topological polar surface area (TPSA) is 102 Å². The zero-order valence-corrected chi connectivity index (χ0v) is 18.6. The number of hydrogen-bond donors (Lipinski definition) is 2. The molecule has 2 N–H and O–H groups in total. The minimum Gasteiger partial charge on any atom is -0.486 e. The lowest BCUT2D eigenvalue weighted by molar-refractivity contribution is 0.0857. The van der Waals surface area contributed by atoms with E-state index in [-0.39, 0.29) is 29.5 Å². The summed E-state index contributed by atoms with van der Waals surface area (Å²) < 4.78 is 11.1. The van der Waals surface area contributed by atoms with Crippen LogP contribution in [0, 0.1) is 0 Å². The smallest absolute Gasteiger partial charge is 0.286 e. The third-order valence-corrected chi connectivity index (χ3v) is 5.90. The lowest BCUT2D eigenvalue weighted by Crippen LogP contribution is -2.31. The first-order chi connectivity index (χ1) is 15.6. The van der Waals surface area contributed by atoms with Crippen molar-refractivity contribution >= 4 is 40.4 Å². The van der Waals surface area contributed by atoms with Gasteiger partial charge >= 0.3 is 0 Å². The lowest BCUT2D eigenvalue weighted by Gasteiger charge is -2.11. The van der Waals surface area contributed by atoms with Gasteiger partial charge in [0.1, 0.15) is 12.4 Å². The summed E-state index contributed by atoms with van der Waals surface area (Å²) in [5.74, 6) is 0.0964. The second kappa shape index (κ2) is 10.5. The van der Waals surface area contributed by atoms with E-state index in [0.29, 0.717) is 33.6 Å². The SMILES string of the molecule is O=C(NCC1CCCO1)c1ccc(NC(=O)c2nnc(COc3ccc(Cl)cc3)s2)cc1. The third kappa shape index (κ3) is 6.03. The van der Waals surface area contributed by atoms with Gasteiger partial charge in [-0.05, 0) is 61.4 Å². The first-order valence-corrected chi connectivity index (χ1v) is 11.3.